The van der Waals surface area contributed by atoms with Crippen molar-refractivity contribution in [3.8, 4) is 5.75 Å². The summed E-state index contributed by atoms with van der Waals surface area (Å²) in [7, 11) is 0. The maximum atomic E-state index is 5.85. The summed E-state index contributed by atoms with van der Waals surface area (Å²) in [6, 6.07) is 5.22. The number of nitrogens with one attached hydrogen (secondary N) is 1. The zero-order valence-electron chi connectivity index (χ0n) is 11.7. The minimum atomic E-state index is 0.774. The van der Waals surface area contributed by atoms with Gasteiger partial charge in [-0.3, -0.25) is 4.90 Å². The molecule has 0 bridgehead atoms. The first kappa shape index (κ1) is 13.1. The number of halogens is 1. The van der Waals surface area contributed by atoms with Gasteiger partial charge >= 0.3 is 0 Å². The molecular weight excluding hydrogens is 316 g/mol. The first-order valence-corrected chi connectivity index (χ1v) is 8.49. The SMILES string of the molecule is Brc1cc2c(c(CN3CCC4NCCC4C3)c1)OCC2. The number of hydrogen-bond donors (Lipinski definition) is 1. The Kier molecular flexibility index (Phi) is 3.49. The molecule has 1 aromatic carbocycles. The van der Waals surface area contributed by atoms with Gasteiger partial charge in [-0.05, 0) is 49.5 Å². The Hall–Kier alpha value is -0.580. The number of piperidine rings is 1. The highest BCUT2D eigenvalue weighted by atomic mass is 79.9. The molecule has 0 amide bonds. The second-order valence-electron chi connectivity index (χ2n) is 6.28. The molecule has 20 heavy (non-hydrogen) atoms. The fraction of sp³-hybridized carbons (Fsp3) is 0.625. The van der Waals surface area contributed by atoms with Gasteiger partial charge in [0.15, 0.2) is 0 Å². The number of likely N-dealkylation sites (tertiary alicyclic amines) is 1. The van der Waals surface area contributed by atoms with Gasteiger partial charge in [0.1, 0.15) is 5.75 Å². The smallest absolute Gasteiger partial charge is 0.127 e. The summed E-state index contributed by atoms with van der Waals surface area (Å²) >= 11 is 3.64. The highest BCUT2D eigenvalue weighted by Gasteiger charge is 2.33. The fourth-order valence-electron chi connectivity index (χ4n) is 3.97. The van der Waals surface area contributed by atoms with Crippen molar-refractivity contribution in [2.75, 3.05) is 26.2 Å². The average Bonchev–Trinajstić information content (AvgIpc) is 3.05. The highest BCUT2D eigenvalue weighted by molar-refractivity contribution is 9.10. The van der Waals surface area contributed by atoms with Crippen LogP contribution in [-0.2, 0) is 13.0 Å². The first-order valence-electron chi connectivity index (χ1n) is 7.69. The fourth-order valence-corrected chi connectivity index (χ4v) is 4.52. The topological polar surface area (TPSA) is 24.5 Å². The van der Waals surface area contributed by atoms with Crippen LogP contribution in [0.25, 0.3) is 0 Å². The zero-order valence-corrected chi connectivity index (χ0v) is 13.3. The largest absolute Gasteiger partial charge is 0.493 e. The van der Waals surface area contributed by atoms with Crippen molar-refractivity contribution in [1.82, 2.24) is 10.2 Å². The Morgan fingerprint density at radius 2 is 2.30 bits per heavy atom. The molecule has 3 aliphatic heterocycles. The molecule has 2 fully saturated rings. The molecule has 1 aromatic rings. The van der Waals surface area contributed by atoms with Crippen LogP contribution in [0.4, 0.5) is 0 Å². The van der Waals surface area contributed by atoms with Gasteiger partial charge in [0.05, 0.1) is 6.61 Å². The third kappa shape index (κ3) is 2.38. The summed E-state index contributed by atoms with van der Waals surface area (Å²) in [5.41, 5.74) is 2.73. The van der Waals surface area contributed by atoms with Gasteiger partial charge in [-0.1, -0.05) is 15.9 Å². The van der Waals surface area contributed by atoms with E-state index < -0.39 is 0 Å². The third-order valence-corrected chi connectivity index (χ3v) is 5.42. The Morgan fingerprint density at radius 3 is 3.25 bits per heavy atom. The lowest BCUT2D eigenvalue weighted by molar-refractivity contribution is 0.154. The molecule has 0 aliphatic carbocycles. The van der Waals surface area contributed by atoms with Gasteiger partial charge in [-0.15, -0.1) is 0 Å². The molecule has 0 aromatic heterocycles. The third-order valence-electron chi connectivity index (χ3n) is 4.96. The maximum Gasteiger partial charge on any atom is 0.127 e. The minimum Gasteiger partial charge on any atom is -0.493 e. The second kappa shape index (κ2) is 5.32. The molecule has 4 rings (SSSR count). The number of hydrogen-bond acceptors (Lipinski definition) is 3. The molecule has 3 heterocycles. The van der Waals surface area contributed by atoms with Gasteiger partial charge in [0, 0.05) is 35.6 Å². The van der Waals surface area contributed by atoms with E-state index in [1.165, 1.54) is 48.1 Å². The Labute approximate surface area is 128 Å². The Balaban J connectivity index is 1.52. The minimum absolute atomic E-state index is 0.774. The summed E-state index contributed by atoms with van der Waals surface area (Å²) in [6.45, 7) is 5.52. The summed E-state index contributed by atoms with van der Waals surface area (Å²) < 4.78 is 7.04. The van der Waals surface area contributed by atoms with Crippen LogP contribution in [-0.4, -0.2) is 37.2 Å². The lowest BCUT2D eigenvalue weighted by Gasteiger charge is -2.35. The number of fused-ring (bicyclic) bond motifs is 2. The van der Waals surface area contributed by atoms with E-state index in [0.29, 0.717) is 0 Å². The lowest BCUT2D eigenvalue weighted by atomic mass is 9.93. The first-order chi connectivity index (χ1) is 9.79. The summed E-state index contributed by atoms with van der Waals surface area (Å²) in [6.07, 6.45) is 3.69. The number of nitrogens with zero attached hydrogens (tertiary/aromatic N) is 1. The summed E-state index contributed by atoms with van der Waals surface area (Å²) in [5.74, 6) is 2.00. The van der Waals surface area contributed by atoms with Crippen molar-refractivity contribution in [3.05, 3.63) is 27.7 Å². The van der Waals surface area contributed by atoms with Crippen molar-refractivity contribution in [3.63, 3.8) is 0 Å². The highest BCUT2D eigenvalue weighted by Crippen LogP contribution is 2.35. The molecule has 3 aliphatic rings. The van der Waals surface area contributed by atoms with Crippen molar-refractivity contribution >= 4 is 15.9 Å². The summed E-state index contributed by atoms with van der Waals surface area (Å²) in [4.78, 5) is 2.61. The van der Waals surface area contributed by atoms with Crippen LogP contribution in [0.3, 0.4) is 0 Å². The standard InChI is InChI=1S/C16H21BrN2O/c17-14-7-11-3-6-20-16(11)13(8-14)10-19-5-2-15-12(9-19)1-4-18-15/h7-8,12,15,18H,1-6,9-10H2. The predicted molar refractivity (Wildman–Crippen MR) is 83.1 cm³/mol. The zero-order chi connectivity index (χ0) is 13.5. The van der Waals surface area contributed by atoms with Crippen LogP contribution in [0, 0.1) is 5.92 Å². The monoisotopic (exact) mass is 336 g/mol. The molecule has 4 heteroatoms. The molecular formula is C16H21BrN2O. The molecule has 108 valence electrons. The van der Waals surface area contributed by atoms with E-state index in [1.807, 2.05) is 0 Å². The quantitative estimate of drug-likeness (QED) is 0.898. The van der Waals surface area contributed by atoms with E-state index in [0.717, 1.165) is 37.3 Å². The molecule has 2 saturated heterocycles. The molecule has 0 saturated carbocycles. The van der Waals surface area contributed by atoms with Crippen molar-refractivity contribution in [2.24, 2.45) is 5.92 Å². The van der Waals surface area contributed by atoms with Gasteiger partial charge in [-0.25, -0.2) is 0 Å². The van der Waals surface area contributed by atoms with Crippen molar-refractivity contribution in [1.29, 1.82) is 0 Å². The normalized spacial score (nSPS) is 29.1. The maximum absolute atomic E-state index is 5.85. The summed E-state index contributed by atoms with van der Waals surface area (Å²) in [5, 5.41) is 3.63. The molecule has 2 atom stereocenters. The van der Waals surface area contributed by atoms with Gasteiger partial charge < -0.3 is 10.1 Å². The van der Waals surface area contributed by atoms with Crippen LogP contribution in [0.5, 0.6) is 5.75 Å². The van der Waals surface area contributed by atoms with Crippen molar-refractivity contribution < 1.29 is 4.74 Å². The van der Waals surface area contributed by atoms with E-state index >= 15 is 0 Å². The van der Waals surface area contributed by atoms with Gasteiger partial charge in [0.25, 0.3) is 0 Å². The lowest BCUT2D eigenvalue weighted by Crippen LogP contribution is -2.43. The Bertz CT molecular complexity index is 519. The van der Waals surface area contributed by atoms with E-state index in [-0.39, 0.29) is 0 Å². The molecule has 0 spiro atoms. The van der Waals surface area contributed by atoms with E-state index in [9.17, 15) is 0 Å². The number of benzene rings is 1. The second-order valence-corrected chi connectivity index (χ2v) is 7.20. The predicted octanol–water partition coefficient (Wildman–Crippen LogP) is 2.57. The van der Waals surface area contributed by atoms with E-state index in [4.69, 9.17) is 4.74 Å². The molecule has 2 unspecified atom stereocenters. The van der Waals surface area contributed by atoms with Gasteiger partial charge in [0.2, 0.25) is 0 Å². The number of ether oxygens (including phenoxy) is 1. The van der Waals surface area contributed by atoms with Crippen LogP contribution < -0.4 is 10.1 Å². The van der Waals surface area contributed by atoms with E-state index in [1.54, 1.807) is 0 Å². The Morgan fingerprint density at radius 1 is 1.35 bits per heavy atom. The molecule has 3 nitrogen and oxygen atoms in total. The molecule has 1 N–H and O–H groups in total. The van der Waals surface area contributed by atoms with Crippen LogP contribution in [0.15, 0.2) is 16.6 Å². The number of rotatable bonds is 2. The average molecular weight is 337 g/mol. The van der Waals surface area contributed by atoms with Crippen LogP contribution >= 0.6 is 15.9 Å². The van der Waals surface area contributed by atoms with Crippen molar-refractivity contribution in [2.45, 2.75) is 31.8 Å². The van der Waals surface area contributed by atoms with E-state index in [2.05, 4.69) is 38.3 Å². The molecule has 0 radical (unpaired) electrons. The van der Waals surface area contributed by atoms with Crippen LogP contribution in [0.1, 0.15) is 24.0 Å². The van der Waals surface area contributed by atoms with Crippen LogP contribution in [0.2, 0.25) is 0 Å². The van der Waals surface area contributed by atoms with Gasteiger partial charge in [-0.2, -0.15) is 0 Å².